The van der Waals surface area contributed by atoms with E-state index in [1.807, 2.05) is 0 Å². The predicted molar refractivity (Wildman–Crippen MR) is 155 cm³/mol. The second kappa shape index (κ2) is 12.5. The number of ether oxygens (including phenoxy) is 2. The topological polar surface area (TPSA) is 153 Å². The maximum Gasteiger partial charge on any atom is 0.408 e. The highest BCUT2D eigenvalue weighted by Crippen LogP contribution is 2.32. The molecule has 3 N–H and O–H groups in total. The second-order valence-electron chi connectivity index (χ2n) is 11.0. The van der Waals surface area contributed by atoms with Gasteiger partial charge in [0.25, 0.3) is 10.0 Å². The number of amides is 1. The smallest absolute Gasteiger partial charge is 0.408 e. The van der Waals surface area contributed by atoms with Gasteiger partial charge in [-0.25, -0.2) is 9.78 Å². The van der Waals surface area contributed by atoms with Crippen molar-refractivity contribution < 1.29 is 27.5 Å². The van der Waals surface area contributed by atoms with Crippen LogP contribution >= 0.6 is 11.3 Å². The molecule has 0 aliphatic carbocycles. The Morgan fingerprint density at radius 2 is 1.98 bits per heavy atom. The number of hydrogen-bond acceptors (Lipinski definition) is 8. The number of carbonyl (C=O) groups excluding carboxylic acids is 2. The Bertz CT molecular complexity index is 1370. The molecular weight excluding hydrogens is 554 g/mol. The number of aromatic nitrogens is 1. The number of nitrogens with one attached hydrogen (secondary N) is 1. The van der Waals surface area contributed by atoms with E-state index in [1.54, 1.807) is 57.9 Å². The van der Waals surface area contributed by atoms with Gasteiger partial charge < -0.3 is 25.4 Å². The van der Waals surface area contributed by atoms with Crippen molar-refractivity contribution in [1.29, 1.82) is 0 Å². The van der Waals surface area contributed by atoms with Crippen molar-refractivity contribution in [3.05, 3.63) is 39.3 Å². The van der Waals surface area contributed by atoms with Crippen molar-refractivity contribution in [3.63, 3.8) is 0 Å². The number of sulfonamides is 1. The lowest BCUT2D eigenvalue weighted by molar-refractivity contribution is 0.0479. The number of alkyl carbamates (subject to hydrolysis) is 1. The van der Waals surface area contributed by atoms with Crippen LogP contribution in [0.15, 0.2) is 26.9 Å². The first kappa shape index (κ1) is 31.3. The first-order valence-electron chi connectivity index (χ1n) is 13.1. The number of thiazole rings is 1. The van der Waals surface area contributed by atoms with Crippen LogP contribution in [0.4, 0.5) is 4.79 Å². The average Bonchev–Trinajstić information content (AvgIpc) is 3.39. The van der Waals surface area contributed by atoms with Crippen molar-refractivity contribution in [2.45, 2.75) is 77.3 Å². The molecule has 0 bridgehead atoms. The number of rotatable bonds is 8. The summed E-state index contributed by atoms with van der Waals surface area (Å²) in [7, 11) is -2.57. The number of guanidine groups is 1. The van der Waals surface area contributed by atoms with E-state index in [2.05, 4.69) is 14.7 Å². The lowest BCUT2D eigenvalue weighted by Crippen LogP contribution is -2.48. The van der Waals surface area contributed by atoms with Gasteiger partial charge in [0.1, 0.15) is 11.4 Å². The minimum Gasteiger partial charge on any atom is -0.496 e. The molecule has 11 nitrogen and oxygen atoms in total. The highest BCUT2D eigenvalue weighted by Gasteiger charge is 2.32. The molecule has 0 spiro atoms. The van der Waals surface area contributed by atoms with Gasteiger partial charge in [-0.3, -0.25) is 4.79 Å². The van der Waals surface area contributed by atoms with E-state index in [0.29, 0.717) is 53.4 Å². The third-order valence-corrected chi connectivity index (χ3v) is 9.09. The van der Waals surface area contributed by atoms with Gasteiger partial charge >= 0.3 is 6.09 Å². The first-order chi connectivity index (χ1) is 18.6. The molecule has 2 aromatic rings. The SMILES string of the molecule is COc1cc(C)c(S(=O)(=O)N=C(N)N2CCC[C@@H](C[C@H](NC(=O)OC(C)(C)C)C(=O)c3nccs3)C2)c(C)c1C. The van der Waals surface area contributed by atoms with E-state index in [9.17, 15) is 18.0 Å². The summed E-state index contributed by atoms with van der Waals surface area (Å²) < 4.78 is 41.4. The molecule has 2 atom stereocenters. The number of aryl methyl sites for hydroxylation is 1. The average molecular weight is 594 g/mol. The molecule has 13 heteroatoms. The standard InChI is InChI=1S/C27H39N5O6S2/c1-16-13-21(37-7)17(2)18(3)23(16)40(35,36)31-25(28)32-11-8-9-19(15-32)14-20(22(33)24-29-10-12-39-24)30-26(34)38-27(4,5)6/h10,12-13,19-20H,8-9,11,14-15H2,1-7H3,(H2,28,31)(H,30,34)/t19-,20-/m0/s1. The van der Waals surface area contributed by atoms with Crippen LogP contribution in [0.2, 0.25) is 0 Å². The van der Waals surface area contributed by atoms with Crippen molar-refractivity contribution in [3.8, 4) is 5.75 Å². The number of nitrogens with zero attached hydrogens (tertiary/aromatic N) is 3. The number of carbonyl (C=O) groups is 2. The molecule has 1 saturated heterocycles. The van der Waals surface area contributed by atoms with Gasteiger partial charge in [-0.1, -0.05) is 0 Å². The fraction of sp³-hybridized carbons (Fsp3) is 0.556. The van der Waals surface area contributed by atoms with Crippen molar-refractivity contribution in [2.24, 2.45) is 16.0 Å². The highest BCUT2D eigenvalue weighted by atomic mass is 32.2. The Labute approximate surface area is 240 Å². The van der Waals surface area contributed by atoms with Crippen molar-refractivity contribution in [1.82, 2.24) is 15.2 Å². The van der Waals surface area contributed by atoms with E-state index in [1.165, 1.54) is 24.6 Å². The molecular formula is C27H39N5O6S2. The summed E-state index contributed by atoms with van der Waals surface area (Å²) >= 11 is 1.20. The Morgan fingerprint density at radius 1 is 1.27 bits per heavy atom. The zero-order valence-electron chi connectivity index (χ0n) is 24.1. The number of likely N-dealkylation sites (tertiary alicyclic amines) is 1. The van der Waals surface area contributed by atoms with E-state index < -0.39 is 27.8 Å². The van der Waals surface area contributed by atoms with Gasteiger partial charge in [-0.05, 0) is 89.5 Å². The number of Topliss-reactive ketones (excluding diaryl/α,β-unsaturated/α-hetero) is 1. The van der Waals surface area contributed by atoms with Gasteiger partial charge in [0.05, 0.1) is 18.0 Å². The summed E-state index contributed by atoms with van der Waals surface area (Å²) in [6, 6.07) is 0.815. The first-order valence-corrected chi connectivity index (χ1v) is 15.4. The van der Waals surface area contributed by atoms with Crippen LogP contribution in [0.25, 0.3) is 0 Å². The third-order valence-electron chi connectivity index (χ3n) is 6.73. The molecule has 40 heavy (non-hydrogen) atoms. The van der Waals surface area contributed by atoms with Crippen LogP contribution in [0.1, 0.15) is 66.5 Å². The quantitative estimate of drug-likeness (QED) is 0.263. The van der Waals surface area contributed by atoms with Crippen LogP contribution in [-0.2, 0) is 14.8 Å². The van der Waals surface area contributed by atoms with Gasteiger partial charge in [0.2, 0.25) is 11.7 Å². The van der Waals surface area contributed by atoms with E-state index >= 15 is 0 Å². The number of benzene rings is 1. The largest absolute Gasteiger partial charge is 0.496 e. The molecule has 1 aromatic carbocycles. The predicted octanol–water partition coefficient (Wildman–Crippen LogP) is 3.96. The van der Waals surface area contributed by atoms with Gasteiger partial charge in [0.15, 0.2) is 5.01 Å². The Hall–Kier alpha value is -3.19. The molecule has 0 radical (unpaired) electrons. The summed E-state index contributed by atoms with van der Waals surface area (Å²) in [6.45, 7) is 11.3. The molecule has 3 rings (SSSR count). The monoisotopic (exact) mass is 593 g/mol. The number of methoxy groups -OCH3 is 1. The van der Waals surface area contributed by atoms with E-state index in [-0.39, 0.29) is 22.6 Å². The number of hydrogen-bond donors (Lipinski definition) is 2. The molecule has 1 aromatic heterocycles. The maximum absolute atomic E-state index is 13.3. The van der Waals surface area contributed by atoms with E-state index in [0.717, 1.165) is 6.42 Å². The highest BCUT2D eigenvalue weighted by molar-refractivity contribution is 7.90. The summed E-state index contributed by atoms with van der Waals surface area (Å²) in [5.41, 5.74) is 7.32. The molecule has 0 unspecified atom stereocenters. The maximum atomic E-state index is 13.3. The summed E-state index contributed by atoms with van der Waals surface area (Å²) in [6.07, 6.45) is 2.64. The van der Waals surface area contributed by atoms with Crippen LogP contribution in [0.3, 0.4) is 0 Å². The van der Waals surface area contributed by atoms with Crippen LogP contribution in [0.5, 0.6) is 5.75 Å². The third kappa shape index (κ3) is 7.72. The van der Waals surface area contributed by atoms with Crippen LogP contribution < -0.4 is 15.8 Å². The molecule has 1 aliphatic rings. The van der Waals surface area contributed by atoms with Gasteiger partial charge in [-0.2, -0.15) is 8.42 Å². The zero-order valence-corrected chi connectivity index (χ0v) is 25.7. The summed E-state index contributed by atoms with van der Waals surface area (Å²) in [4.78, 5) is 31.7. The molecule has 1 fully saturated rings. The molecule has 0 saturated carbocycles. The Kier molecular flexibility index (Phi) is 9.83. The summed E-state index contributed by atoms with van der Waals surface area (Å²) in [5.74, 6) is 0.121. The lowest BCUT2D eigenvalue weighted by atomic mass is 9.90. The lowest BCUT2D eigenvalue weighted by Gasteiger charge is -2.35. The van der Waals surface area contributed by atoms with Crippen LogP contribution in [-0.4, -0.2) is 68.0 Å². The molecule has 1 aliphatic heterocycles. The van der Waals surface area contributed by atoms with Crippen LogP contribution in [0, 0.1) is 26.7 Å². The van der Waals surface area contributed by atoms with Crippen molar-refractivity contribution >= 4 is 39.2 Å². The fourth-order valence-corrected chi connectivity index (χ4v) is 6.92. The fourth-order valence-electron chi connectivity index (χ4n) is 4.83. The van der Waals surface area contributed by atoms with Gasteiger partial charge in [0, 0.05) is 24.7 Å². The van der Waals surface area contributed by atoms with Crippen molar-refractivity contribution in [2.75, 3.05) is 20.2 Å². The number of piperidine rings is 1. The molecule has 1 amide bonds. The second-order valence-corrected chi connectivity index (χ2v) is 13.4. The minimum atomic E-state index is -4.10. The minimum absolute atomic E-state index is 0.0687. The normalized spacial score (nSPS) is 17.3. The van der Waals surface area contributed by atoms with E-state index in [4.69, 9.17) is 15.2 Å². The van der Waals surface area contributed by atoms with Gasteiger partial charge in [-0.15, -0.1) is 15.7 Å². The number of ketones is 1. The number of nitrogens with two attached hydrogens (primary N) is 1. The Balaban J connectivity index is 1.80. The summed E-state index contributed by atoms with van der Waals surface area (Å²) in [5, 5.41) is 4.70. The zero-order chi connectivity index (χ0) is 29.8. The molecule has 220 valence electrons. The Morgan fingerprint density at radius 3 is 2.58 bits per heavy atom. The molecule has 2 heterocycles.